The fourth-order valence-corrected chi connectivity index (χ4v) is 2.35. The van der Waals surface area contributed by atoms with Crippen LogP contribution in [0.4, 0.5) is 5.13 Å². The Balaban J connectivity index is 2.62. The van der Waals surface area contributed by atoms with Crippen molar-refractivity contribution in [2.75, 3.05) is 5.32 Å². The molecular formula is C12H20N2OS. The van der Waals surface area contributed by atoms with Crippen LogP contribution in [0.15, 0.2) is 5.38 Å². The fraction of sp³-hybridized carbons (Fsp3) is 0.667. The van der Waals surface area contributed by atoms with Crippen LogP contribution in [-0.2, 0) is 4.79 Å². The number of nitrogens with zero attached hydrogens (tertiary/aromatic N) is 1. The predicted octanol–water partition coefficient (Wildman–Crippen LogP) is 3.64. The largest absolute Gasteiger partial charge is 0.302 e. The Morgan fingerprint density at radius 2 is 2.06 bits per heavy atom. The van der Waals surface area contributed by atoms with Crippen LogP contribution in [0.2, 0.25) is 0 Å². The molecule has 1 N–H and O–H groups in total. The van der Waals surface area contributed by atoms with Crippen molar-refractivity contribution in [3.8, 4) is 0 Å². The van der Waals surface area contributed by atoms with Gasteiger partial charge in [-0.3, -0.25) is 4.79 Å². The zero-order valence-electron chi connectivity index (χ0n) is 10.4. The van der Waals surface area contributed by atoms with E-state index in [4.69, 9.17) is 0 Å². The Morgan fingerprint density at radius 1 is 1.44 bits per heavy atom. The van der Waals surface area contributed by atoms with Crippen LogP contribution in [0.5, 0.6) is 0 Å². The highest BCUT2D eigenvalue weighted by atomic mass is 32.1. The molecule has 3 nitrogen and oxygen atoms in total. The van der Waals surface area contributed by atoms with E-state index in [0.717, 1.165) is 23.7 Å². The highest BCUT2D eigenvalue weighted by molar-refractivity contribution is 7.13. The third-order valence-electron chi connectivity index (χ3n) is 2.70. The lowest BCUT2D eigenvalue weighted by Gasteiger charge is -2.10. The van der Waals surface area contributed by atoms with Gasteiger partial charge in [0.1, 0.15) is 0 Å². The van der Waals surface area contributed by atoms with E-state index in [1.165, 1.54) is 11.3 Å². The number of thiazole rings is 1. The van der Waals surface area contributed by atoms with Gasteiger partial charge in [0, 0.05) is 11.3 Å². The molecule has 1 rings (SSSR count). The molecule has 0 aromatic carbocycles. The molecule has 0 saturated heterocycles. The third-order valence-corrected chi connectivity index (χ3v) is 3.48. The summed E-state index contributed by atoms with van der Waals surface area (Å²) in [4.78, 5) is 16.2. The molecule has 1 aromatic heterocycles. The highest BCUT2D eigenvalue weighted by Crippen LogP contribution is 2.22. The summed E-state index contributed by atoms with van der Waals surface area (Å²) in [6, 6.07) is 0. The van der Waals surface area contributed by atoms with E-state index in [1.807, 2.05) is 19.2 Å². The molecular weight excluding hydrogens is 220 g/mol. The van der Waals surface area contributed by atoms with Gasteiger partial charge in [0.25, 0.3) is 0 Å². The average molecular weight is 240 g/mol. The number of carbonyl (C=O) groups is 1. The SMILES string of the molecule is CCC(CC)C(=O)Nc1nc(C(C)C)cs1. The average Bonchev–Trinajstić information content (AvgIpc) is 2.68. The molecule has 0 bridgehead atoms. The van der Waals surface area contributed by atoms with Gasteiger partial charge in [-0.05, 0) is 18.8 Å². The quantitative estimate of drug-likeness (QED) is 0.853. The van der Waals surface area contributed by atoms with Crippen molar-refractivity contribution in [3.63, 3.8) is 0 Å². The molecule has 0 unspecified atom stereocenters. The Labute approximate surface area is 101 Å². The van der Waals surface area contributed by atoms with Crippen LogP contribution in [0.25, 0.3) is 0 Å². The van der Waals surface area contributed by atoms with Crippen molar-refractivity contribution in [1.82, 2.24) is 4.98 Å². The smallest absolute Gasteiger partial charge is 0.229 e. The number of amides is 1. The van der Waals surface area contributed by atoms with Gasteiger partial charge < -0.3 is 5.32 Å². The number of carbonyl (C=O) groups excluding carboxylic acids is 1. The second-order valence-electron chi connectivity index (χ2n) is 4.23. The second kappa shape index (κ2) is 5.99. The minimum atomic E-state index is 0.0923. The Kier molecular flexibility index (Phi) is 4.93. The Morgan fingerprint density at radius 3 is 2.50 bits per heavy atom. The van der Waals surface area contributed by atoms with E-state index >= 15 is 0 Å². The van der Waals surface area contributed by atoms with E-state index in [9.17, 15) is 4.79 Å². The van der Waals surface area contributed by atoms with Crippen molar-refractivity contribution in [2.45, 2.75) is 46.5 Å². The number of nitrogens with one attached hydrogen (secondary N) is 1. The van der Waals surface area contributed by atoms with Crippen LogP contribution >= 0.6 is 11.3 Å². The summed E-state index contributed by atoms with van der Waals surface area (Å²) in [5.41, 5.74) is 1.05. The maximum atomic E-state index is 11.8. The summed E-state index contributed by atoms with van der Waals surface area (Å²) in [5, 5.41) is 5.62. The summed E-state index contributed by atoms with van der Waals surface area (Å²) < 4.78 is 0. The summed E-state index contributed by atoms with van der Waals surface area (Å²) >= 11 is 1.50. The van der Waals surface area contributed by atoms with Crippen molar-refractivity contribution < 1.29 is 4.79 Å². The second-order valence-corrected chi connectivity index (χ2v) is 5.09. The lowest BCUT2D eigenvalue weighted by molar-refractivity contribution is -0.120. The minimum Gasteiger partial charge on any atom is -0.302 e. The summed E-state index contributed by atoms with van der Waals surface area (Å²) in [6.45, 7) is 8.27. The van der Waals surface area contributed by atoms with Gasteiger partial charge in [0.05, 0.1) is 5.69 Å². The topological polar surface area (TPSA) is 42.0 Å². The fourth-order valence-electron chi connectivity index (χ4n) is 1.48. The van der Waals surface area contributed by atoms with E-state index < -0.39 is 0 Å². The van der Waals surface area contributed by atoms with Gasteiger partial charge in [-0.25, -0.2) is 4.98 Å². The first-order valence-electron chi connectivity index (χ1n) is 5.84. The molecule has 0 aliphatic heterocycles. The van der Waals surface area contributed by atoms with E-state index in [-0.39, 0.29) is 11.8 Å². The van der Waals surface area contributed by atoms with Gasteiger partial charge in [0.2, 0.25) is 5.91 Å². The molecule has 0 aliphatic carbocycles. The first kappa shape index (κ1) is 13.2. The van der Waals surface area contributed by atoms with Crippen LogP contribution in [0.1, 0.15) is 52.1 Å². The number of anilines is 1. The summed E-state index contributed by atoms with van der Waals surface area (Å²) in [6.07, 6.45) is 1.76. The Bertz CT molecular complexity index is 343. The molecule has 90 valence electrons. The zero-order valence-corrected chi connectivity index (χ0v) is 11.2. The maximum absolute atomic E-state index is 11.8. The molecule has 0 fully saturated rings. The van der Waals surface area contributed by atoms with Crippen molar-refractivity contribution in [2.24, 2.45) is 5.92 Å². The van der Waals surface area contributed by atoms with Gasteiger partial charge in [-0.15, -0.1) is 11.3 Å². The van der Waals surface area contributed by atoms with Gasteiger partial charge in [-0.2, -0.15) is 0 Å². The number of hydrogen-bond acceptors (Lipinski definition) is 3. The van der Waals surface area contributed by atoms with Crippen LogP contribution < -0.4 is 5.32 Å². The number of hydrogen-bond donors (Lipinski definition) is 1. The molecule has 0 spiro atoms. The molecule has 0 saturated carbocycles. The summed E-state index contributed by atoms with van der Waals surface area (Å²) in [7, 11) is 0. The lowest BCUT2D eigenvalue weighted by Crippen LogP contribution is -2.21. The molecule has 0 aliphatic rings. The Hall–Kier alpha value is -0.900. The van der Waals surface area contributed by atoms with Gasteiger partial charge >= 0.3 is 0 Å². The van der Waals surface area contributed by atoms with Crippen molar-refractivity contribution >= 4 is 22.4 Å². The molecule has 4 heteroatoms. The van der Waals surface area contributed by atoms with Gasteiger partial charge in [-0.1, -0.05) is 27.7 Å². The third kappa shape index (κ3) is 3.30. The van der Waals surface area contributed by atoms with E-state index in [0.29, 0.717) is 5.92 Å². The molecule has 0 radical (unpaired) electrons. The highest BCUT2D eigenvalue weighted by Gasteiger charge is 2.15. The maximum Gasteiger partial charge on any atom is 0.229 e. The predicted molar refractivity (Wildman–Crippen MR) is 68.9 cm³/mol. The van der Waals surface area contributed by atoms with Crippen LogP contribution in [-0.4, -0.2) is 10.9 Å². The first-order valence-corrected chi connectivity index (χ1v) is 6.72. The van der Waals surface area contributed by atoms with Crippen LogP contribution in [0.3, 0.4) is 0 Å². The lowest BCUT2D eigenvalue weighted by atomic mass is 10.0. The normalized spacial score (nSPS) is 11.1. The van der Waals surface area contributed by atoms with E-state index in [2.05, 4.69) is 24.1 Å². The molecule has 1 amide bonds. The monoisotopic (exact) mass is 240 g/mol. The molecule has 0 atom stereocenters. The molecule has 1 aromatic rings. The van der Waals surface area contributed by atoms with Gasteiger partial charge in [0.15, 0.2) is 5.13 Å². The zero-order chi connectivity index (χ0) is 12.1. The number of aromatic nitrogens is 1. The van der Waals surface area contributed by atoms with Crippen molar-refractivity contribution in [1.29, 1.82) is 0 Å². The number of rotatable bonds is 5. The molecule has 16 heavy (non-hydrogen) atoms. The minimum absolute atomic E-state index is 0.0923. The van der Waals surface area contributed by atoms with E-state index in [1.54, 1.807) is 0 Å². The first-order chi connectivity index (χ1) is 7.58. The standard InChI is InChI=1S/C12H20N2OS/c1-5-9(6-2)11(15)14-12-13-10(7-16-12)8(3)4/h7-9H,5-6H2,1-4H3,(H,13,14,15). The summed E-state index contributed by atoms with van der Waals surface area (Å²) in [5.74, 6) is 0.608. The van der Waals surface area contributed by atoms with Crippen molar-refractivity contribution in [3.05, 3.63) is 11.1 Å². The molecule has 1 heterocycles. The van der Waals surface area contributed by atoms with Crippen LogP contribution in [0, 0.1) is 5.92 Å².